The lowest BCUT2D eigenvalue weighted by Gasteiger charge is -2.45. The number of anilines is 1. The third kappa shape index (κ3) is 6.08. The molecule has 1 N–H and O–H groups in total. The Balaban J connectivity index is 1.15. The Morgan fingerprint density at radius 2 is 1.86 bits per heavy atom. The molecule has 2 aromatic carbocycles. The number of ether oxygens (including phenoxy) is 1. The minimum Gasteiger partial charge on any atom is -0.488 e. The predicted molar refractivity (Wildman–Crippen MR) is 171 cm³/mol. The van der Waals surface area contributed by atoms with Crippen molar-refractivity contribution in [2.75, 3.05) is 25.0 Å². The van der Waals surface area contributed by atoms with Crippen LogP contribution in [0.3, 0.4) is 0 Å². The Bertz CT molecular complexity index is 1670. The number of carbonyl (C=O) groups excluding carboxylic acids is 1. The number of carboxylic acids is 1. The molecule has 3 heterocycles. The first-order chi connectivity index (χ1) is 21.2. The highest BCUT2D eigenvalue weighted by molar-refractivity contribution is 7.14. The third-order valence-electron chi connectivity index (χ3n) is 9.18. The van der Waals surface area contributed by atoms with Crippen molar-refractivity contribution in [2.45, 2.75) is 46.3 Å². The third-order valence-corrected chi connectivity index (χ3v) is 10.1. The van der Waals surface area contributed by atoms with Crippen molar-refractivity contribution in [3.63, 3.8) is 0 Å². The Morgan fingerprint density at radius 1 is 1.09 bits per heavy atom. The summed E-state index contributed by atoms with van der Waals surface area (Å²) in [5.41, 5.74) is 6.53. The lowest BCUT2D eigenvalue weighted by Crippen LogP contribution is -2.51. The molecule has 2 aliphatic rings. The van der Waals surface area contributed by atoms with Crippen molar-refractivity contribution >= 4 is 28.3 Å². The fourth-order valence-electron chi connectivity index (χ4n) is 6.74. The first-order valence-electron chi connectivity index (χ1n) is 15.2. The quantitative estimate of drug-likeness (QED) is 0.249. The molecule has 2 bridgehead atoms. The van der Waals surface area contributed by atoms with Gasteiger partial charge in [-0.15, -0.1) is 11.3 Å². The fourth-order valence-corrected chi connectivity index (χ4v) is 7.58. The zero-order valence-electron chi connectivity index (χ0n) is 25.7. The Kier molecular flexibility index (Phi) is 8.44. The van der Waals surface area contributed by atoms with Crippen LogP contribution in [0.15, 0.2) is 54.0 Å². The van der Waals surface area contributed by atoms with E-state index in [0.717, 1.165) is 76.9 Å². The summed E-state index contributed by atoms with van der Waals surface area (Å²) < 4.78 is 8.15. The largest absolute Gasteiger partial charge is 0.488 e. The van der Waals surface area contributed by atoms with Gasteiger partial charge < -0.3 is 19.6 Å². The Morgan fingerprint density at radius 3 is 2.55 bits per heavy atom. The summed E-state index contributed by atoms with van der Waals surface area (Å²) in [6, 6.07) is 13.8. The molecule has 0 radical (unpaired) electrons. The van der Waals surface area contributed by atoms with E-state index in [-0.39, 0.29) is 23.7 Å². The van der Waals surface area contributed by atoms with Gasteiger partial charge in [0.2, 0.25) is 0 Å². The van der Waals surface area contributed by atoms with Crippen LogP contribution in [0.25, 0.3) is 11.3 Å². The van der Waals surface area contributed by atoms with Gasteiger partial charge in [-0.05, 0) is 80.0 Å². The van der Waals surface area contributed by atoms with Crippen molar-refractivity contribution < 1.29 is 19.4 Å². The summed E-state index contributed by atoms with van der Waals surface area (Å²) in [5, 5.41) is 17.0. The lowest BCUT2D eigenvalue weighted by molar-refractivity contribution is -0.148. The average Bonchev–Trinajstić information content (AvgIpc) is 3.65. The summed E-state index contributed by atoms with van der Waals surface area (Å²) in [6.07, 6.45) is 4.78. The number of hydrogen-bond donors (Lipinski definition) is 1. The van der Waals surface area contributed by atoms with Gasteiger partial charge in [0.15, 0.2) is 5.13 Å². The van der Waals surface area contributed by atoms with Crippen LogP contribution in [0.5, 0.6) is 5.75 Å². The van der Waals surface area contributed by atoms with Gasteiger partial charge >= 0.3 is 5.97 Å². The van der Waals surface area contributed by atoms with Gasteiger partial charge in [0.1, 0.15) is 12.4 Å². The second-order valence-electron chi connectivity index (χ2n) is 12.3. The van der Waals surface area contributed by atoms with Crippen LogP contribution in [0.1, 0.15) is 52.0 Å². The number of thiazole rings is 1. The molecule has 2 fully saturated rings. The smallest absolute Gasteiger partial charge is 0.307 e. The summed E-state index contributed by atoms with van der Waals surface area (Å²) in [5.74, 6) is 0.180. The molecule has 2 aromatic heterocycles. The van der Waals surface area contributed by atoms with Gasteiger partial charge in [-0.25, -0.2) is 4.98 Å². The normalized spacial score (nSPS) is 19.5. The van der Waals surface area contributed by atoms with Gasteiger partial charge in [0.05, 0.1) is 23.9 Å². The van der Waals surface area contributed by atoms with E-state index in [4.69, 9.17) is 9.72 Å². The van der Waals surface area contributed by atoms with Crippen LogP contribution in [0, 0.1) is 31.6 Å². The SMILES string of the molecule is Cc1ccc(OCc2ccc(C(=O)N(C)Cc3ccnn3C)cc2C)c(-c2csc(N3C[C@H]4CCC[C@@H](C3)[C@H]4C(=O)O)n2)c1. The van der Waals surface area contributed by atoms with E-state index in [1.807, 2.05) is 50.4 Å². The molecule has 0 unspecified atom stereocenters. The van der Waals surface area contributed by atoms with E-state index >= 15 is 0 Å². The first-order valence-corrected chi connectivity index (χ1v) is 16.0. The number of benzene rings is 2. The number of hydrogen-bond acceptors (Lipinski definition) is 7. The molecule has 1 aliphatic heterocycles. The van der Waals surface area contributed by atoms with Crippen LogP contribution < -0.4 is 9.64 Å². The molecule has 4 aromatic rings. The standard InChI is InChI=1S/C34H39N5O4S/c1-21-8-11-30(43-19-26-10-9-23(15-22(26)2)32(40)37(3)18-27-12-13-35-38(27)4)28(14-21)29-20-44-34(36-29)39-16-24-6-5-7-25(17-39)31(24)33(41)42/h8-15,20,24-25,31H,5-7,16-19H2,1-4H3,(H,41,42)/t24-,25+,31+. The van der Waals surface area contributed by atoms with Crippen molar-refractivity contribution in [3.05, 3.63) is 82.0 Å². The molecule has 1 amide bonds. The van der Waals surface area contributed by atoms with E-state index in [1.54, 1.807) is 34.2 Å². The highest BCUT2D eigenvalue weighted by Crippen LogP contribution is 2.43. The number of nitrogens with zero attached hydrogens (tertiary/aromatic N) is 5. The summed E-state index contributed by atoms with van der Waals surface area (Å²) in [4.78, 5) is 34.0. The molecular formula is C34H39N5O4S. The summed E-state index contributed by atoms with van der Waals surface area (Å²) in [6.45, 7) is 6.40. The maximum atomic E-state index is 13.1. The van der Waals surface area contributed by atoms with Gasteiger partial charge in [-0.1, -0.05) is 24.1 Å². The highest BCUT2D eigenvalue weighted by atomic mass is 32.1. The van der Waals surface area contributed by atoms with E-state index in [0.29, 0.717) is 18.7 Å². The summed E-state index contributed by atoms with van der Waals surface area (Å²) >= 11 is 1.61. The van der Waals surface area contributed by atoms with Crippen molar-refractivity contribution in [3.8, 4) is 17.0 Å². The van der Waals surface area contributed by atoms with E-state index in [1.165, 1.54) is 0 Å². The van der Waals surface area contributed by atoms with Crippen LogP contribution in [0.2, 0.25) is 0 Å². The van der Waals surface area contributed by atoms with Gasteiger partial charge in [-0.2, -0.15) is 5.10 Å². The number of amides is 1. The second-order valence-corrected chi connectivity index (χ2v) is 13.1. The van der Waals surface area contributed by atoms with Crippen LogP contribution >= 0.6 is 11.3 Å². The fraction of sp³-hybridized carbons (Fsp3) is 0.412. The van der Waals surface area contributed by atoms with Crippen molar-refractivity contribution in [2.24, 2.45) is 24.8 Å². The van der Waals surface area contributed by atoms with Crippen LogP contribution in [-0.2, 0) is 25.0 Å². The van der Waals surface area contributed by atoms with Crippen molar-refractivity contribution in [1.29, 1.82) is 0 Å². The minimum absolute atomic E-state index is 0.0438. The second kappa shape index (κ2) is 12.4. The van der Waals surface area contributed by atoms with Crippen LogP contribution in [-0.4, -0.2) is 56.8 Å². The molecule has 9 nitrogen and oxygen atoms in total. The van der Waals surface area contributed by atoms with Gasteiger partial charge in [0.25, 0.3) is 5.91 Å². The number of rotatable bonds is 9. The van der Waals surface area contributed by atoms with E-state index < -0.39 is 5.97 Å². The zero-order valence-corrected chi connectivity index (χ0v) is 26.5. The minimum atomic E-state index is -0.648. The lowest BCUT2D eigenvalue weighted by atomic mass is 9.69. The molecule has 6 rings (SSSR count). The number of carboxylic acid groups (broad SMARTS) is 1. The highest BCUT2D eigenvalue weighted by Gasteiger charge is 2.44. The molecule has 44 heavy (non-hydrogen) atoms. The molecule has 1 aliphatic carbocycles. The average molecular weight is 614 g/mol. The van der Waals surface area contributed by atoms with Gasteiger partial charge in [0, 0.05) is 49.9 Å². The predicted octanol–water partition coefficient (Wildman–Crippen LogP) is 5.95. The van der Waals surface area contributed by atoms with Crippen molar-refractivity contribution in [1.82, 2.24) is 19.7 Å². The Hall–Kier alpha value is -4.18. The molecule has 1 saturated heterocycles. The number of aliphatic carboxylic acids is 1. The maximum Gasteiger partial charge on any atom is 0.307 e. The number of aromatic nitrogens is 3. The monoisotopic (exact) mass is 613 g/mol. The molecular weight excluding hydrogens is 574 g/mol. The van der Waals surface area contributed by atoms with Gasteiger partial charge in [-0.3, -0.25) is 14.3 Å². The number of fused-ring (bicyclic) bond motifs is 2. The maximum absolute atomic E-state index is 13.1. The molecule has 230 valence electrons. The molecule has 10 heteroatoms. The number of carbonyl (C=O) groups is 2. The van der Waals surface area contributed by atoms with Crippen LogP contribution in [0.4, 0.5) is 5.13 Å². The molecule has 1 saturated carbocycles. The zero-order chi connectivity index (χ0) is 31.0. The Labute approximate surface area is 262 Å². The number of aryl methyl sites for hydroxylation is 3. The topological polar surface area (TPSA) is 101 Å². The van der Waals surface area contributed by atoms with E-state index in [9.17, 15) is 14.7 Å². The molecule has 3 atom stereocenters. The molecule has 0 spiro atoms. The first kappa shape index (κ1) is 29.9. The summed E-state index contributed by atoms with van der Waals surface area (Å²) in [7, 11) is 3.67. The number of piperidine rings is 1. The van der Waals surface area contributed by atoms with E-state index in [2.05, 4.69) is 28.4 Å².